The lowest BCUT2D eigenvalue weighted by Crippen LogP contribution is -2.42. The molecule has 0 fully saturated rings. The molecular weight excluding hydrogens is 305 g/mol. The lowest BCUT2D eigenvalue weighted by Gasteiger charge is -2.13. The molecule has 4 nitrogen and oxygen atoms in total. The summed E-state index contributed by atoms with van der Waals surface area (Å²) in [4.78, 5) is 14.9. The van der Waals surface area contributed by atoms with E-state index in [9.17, 15) is 9.18 Å². The van der Waals surface area contributed by atoms with Crippen molar-refractivity contribution in [2.45, 2.75) is 32.7 Å². The molecule has 0 spiro atoms. The van der Waals surface area contributed by atoms with Crippen molar-refractivity contribution in [1.82, 2.24) is 10.3 Å². The van der Waals surface area contributed by atoms with Gasteiger partial charge in [-0.3, -0.25) is 4.79 Å². The first-order valence-electron chi connectivity index (χ1n) is 7.26. The highest BCUT2D eigenvalue weighted by atomic mass is 35.5. The van der Waals surface area contributed by atoms with Gasteiger partial charge in [-0.25, -0.2) is 4.39 Å². The summed E-state index contributed by atoms with van der Waals surface area (Å²) in [5.74, 6) is 0.0210. The molecule has 0 aliphatic heterocycles. The van der Waals surface area contributed by atoms with Gasteiger partial charge in [0.25, 0.3) is 0 Å². The predicted octanol–water partition coefficient (Wildman–Crippen LogP) is 2.76. The first-order valence-corrected chi connectivity index (χ1v) is 7.26. The molecule has 0 radical (unpaired) electrons. The third-order valence-corrected chi connectivity index (χ3v) is 3.49. The van der Waals surface area contributed by atoms with Crippen LogP contribution in [0.25, 0.3) is 10.9 Å². The van der Waals surface area contributed by atoms with Crippen molar-refractivity contribution in [2.24, 2.45) is 11.7 Å². The van der Waals surface area contributed by atoms with Crippen LogP contribution in [0.4, 0.5) is 4.39 Å². The van der Waals surface area contributed by atoms with Crippen LogP contribution in [0.2, 0.25) is 0 Å². The standard InChI is InChI=1S/C16H22FN3O.ClH/c1-10(2)7-14(18)16(21)19-6-5-11-9-20-15-8-12(17)3-4-13(11)15;/h3-4,8-10,14,20H,5-7,18H2,1-2H3,(H,19,21);1H/t14-;/m0./s1. The second kappa shape index (κ2) is 8.15. The maximum atomic E-state index is 13.1. The second-order valence-electron chi connectivity index (χ2n) is 5.78. The Bertz CT molecular complexity index is 627. The molecular formula is C16H23ClFN3O. The van der Waals surface area contributed by atoms with Gasteiger partial charge in [-0.05, 0) is 42.5 Å². The van der Waals surface area contributed by atoms with Crippen molar-refractivity contribution in [3.63, 3.8) is 0 Å². The number of carbonyl (C=O) groups is 1. The van der Waals surface area contributed by atoms with Crippen molar-refractivity contribution in [3.05, 3.63) is 35.8 Å². The molecule has 0 saturated heterocycles. The van der Waals surface area contributed by atoms with E-state index in [1.165, 1.54) is 12.1 Å². The predicted molar refractivity (Wildman–Crippen MR) is 89.6 cm³/mol. The second-order valence-corrected chi connectivity index (χ2v) is 5.78. The molecule has 0 bridgehead atoms. The SMILES string of the molecule is CC(C)C[C@H](N)C(=O)NCCc1c[nH]c2cc(F)ccc12.Cl. The number of nitrogens with one attached hydrogen (secondary N) is 2. The van der Waals surface area contributed by atoms with Crippen molar-refractivity contribution in [1.29, 1.82) is 0 Å². The Balaban J connectivity index is 0.00000242. The van der Waals surface area contributed by atoms with Gasteiger partial charge < -0.3 is 16.0 Å². The topological polar surface area (TPSA) is 70.9 Å². The first kappa shape index (κ1) is 18.5. The number of nitrogens with two attached hydrogens (primary N) is 1. The van der Waals surface area contributed by atoms with Gasteiger partial charge in [0.1, 0.15) is 5.82 Å². The third kappa shape index (κ3) is 4.71. The molecule has 1 heterocycles. The Morgan fingerprint density at radius 3 is 2.82 bits per heavy atom. The van der Waals surface area contributed by atoms with Crippen LogP contribution in [0, 0.1) is 11.7 Å². The van der Waals surface area contributed by atoms with E-state index in [1.54, 1.807) is 6.07 Å². The molecule has 0 aliphatic rings. The number of benzene rings is 1. The van der Waals surface area contributed by atoms with E-state index in [4.69, 9.17) is 5.73 Å². The summed E-state index contributed by atoms with van der Waals surface area (Å²) in [7, 11) is 0. The molecule has 2 rings (SSSR count). The van der Waals surface area contributed by atoms with E-state index in [-0.39, 0.29) is 24.1 Å². The number of aromatic nitrogens is 1. The molecule has 6 heteroatoms. The van der Waals surface area contributed by atoms with Gasteiger partial charge in [-0.15, -0.1) is 12.4 Å². The van der Waals surface area contributed by atoms with Crippen molar-refractivity contribution in [2.75, 3.05) is 6.54 Å². The maximum absolute atomic E-state index is 13.1. The van der Waals surface area contributed by atoms with Gasteiger partial charge in [0.15, 0.2) is 0 Å². The zero-order chi connectivity index (χ0) is 15.4. The summed E-state index contributed by atoms with van der Waals surface area (Å²) >= 11 is 0. The summed E-state index contributed by atoms with van der Waals surface area (Å²) in [5.41, 5.74) is 7.65. The molecule has 2 aromatic rings. The quantitative estimate of drug-likeness (QED) is 0.763. The summed E-state index contributed by atoms with van der Waals surface area (Å²) in [6.07, 6.45) is 3.22. The summed E-state index contributed by atoms with van der Waals surface area (Å²) in [6.45, 7) is 4.60. The van der Waals surface area contributed by atoms with Gasteiger partial charge in [0, 0.05) is 23.6 Å². The molecule has 0 saturated carbocycles. The average Bonchev–Trinajstić information content (AvgIpc) is 2.80. The Morgan fingerprint density at radius 2 is 2.14 bits per heavy atom. The first-order chi connectivity index (χ1) is 9.97. The Labute approximate surface area is 136 Å². The van der Waals surface area contributed by atoms with E-state index < -0.39 is 6.04 Å². The highest BCUT2D eigenvalue weighted by molar-refractivity contribution is 5.85. The molecule has 1 amide bonds. The Hall–Kier alpha value is -1.59. The Kier molecular flexibility index (Phi) is 6.84. The van der Waals surface area contributed by atoms with Crippen LogP contribution >= 0.6 is 12.4 Å². The molecule has 0 unspecified atom stereocenters. The van der Waals surface area contributed by atoms with Gasteiger partial charge >= 0.3 is 0 Å². The number of hydrogen-bond donors (Lipinski definition) is 3. The third-order valence-electron chi connectivity index (χ3n) is 3.49. The van der Waals surface area contributed by atoms with Crippen molar-refractivity contribution < 1.29 is 9.18 Å². The molecule has 1 atom stereocenters. The molecule has 1 aromatic heterocycles. The van der Waals surface area contributed by atoms with Crippen molar-refractivity contribution >= 4 is 29.2 Å². The smallest absolute Gasteiger partial charge is 0.236 e. The minimum absolute atomic E-state index is 0. The Morgan fingerprint density at radius 1 is 1.41 bits per heavy atom. The maximum Gasteiger partial charge on any atom is 0.236 e. The molecule has 0 aliphatic carbocycles. The van der Waals surface area contributed by atoms with Gasteiger partial charge in [-0.1, -0.05) is 13.8 Å². The fourth-order valence-corrected chi connectivity index (χ4v) is 2.43. The highest BCUT2D eigenvalue weighted by Gasteiger charge is 2.14. The zero-order valence-corrected chi connectivity index (χ0v) is 13.7. The van der Waals surface area contributed by atoms with Gasteiger partial charge in [0.05, 0.1) is 6.04 Å². The fraction of sp³-hybridized carbons (Fsp3) is 0.438. The van der Waals surface area contributed by atoms with Crippen LogP contribution in [-0.4, -0.2) is 23.5 Å². The molecule has 1 aromatic carbocycles. The lowest BCUT2D eigenvalue weighted by molar-refractivity contribution is -0.122. The molecule has 122 valence electrons. The molecule has 22 heavy (non-hydrogen) atoms. The summed E-state index contributed by atoms with van der Waals surface area (Å²) in [5, 5.41) is 3.83. The highest BCUT2D eigenvalue weighted by Crippen LogP contribution is 2.19. The van der Waals surface area contributed by atoms with Gasteiger partial charge in [-0.2, -0.15) is 0 Å². The largest absolute Gasteiger partial charge is 0.361 e. The van der Waals surface area contributed by atoms with E-state index in [1.807, 2.05) is 20.0 Å². The molecule has 4 N–H and O–H groups in total. The summed E-state index contributed by atoms with van der Waals surface area (Å²) < 4.78 is 13.1. The zero-order valence-electron chi connectivity index (χ0n) is 12.9. The van der Waals surface area contributed by atoms with E-state index >= 15 is 0 Å². The van der Waals surface area contributed by atoms with E-state index in [0.29, 0.717) is 25.3 Å². The summed E-state index contributed by atoms with van der Waals surface area (Å²) in [6, 6.07) is 4.21. The number of aromatic amines is 1. The van der Waals surface area contributed by atoms with Crippen LogP contribution in [0.15, 0.2) is 24.4 Å². The van der Waals surface area contributed by atoms with Crippen LogP contribution in [-0.2, 0) is 11.2 Å². The van der Waals surface area contributed by atoms with Crippen LogP contribution in [0.3, 0.4) is 0 Å². The minimum Gasteiger partial charge on any atom is -0.361 e. The minimum atomic E-state index is -0.456. The number of rotatable bonds is 6. The van der Waals surface area contributed by atoms with Crippen LogP contribution in [0.1, 0.15) is 25.8 Å². The van der Waals surface area contributed by atoms with Gasteiger partial charge in [0.2, 0.25) is 5.91 Å². The number of halogens is 2. The van der Waals surface area contributed by atoms with E-state index in [0.717, 1.165) is 16.5 Å². The number of amides is 1. The monoisotopic (exact) mass is 327 g/mol. The van der Waals surface area contributed by atoms with E-state index in [2.05, 4.69) is 10.3 Å². The number of fused-ring (bicyclic) bond motifs is 1. The number of carbonyl (C=O) groups excluding carboxylic acids is 1. The fourth-order valence-electron chi connectivity index (χ4n) is 2.43. The average molecular weight is 328 g/mol. The van der Waals surface area contributed by atoms with Crippen LogP contribution < -0.4 is 11.1 Å². The van der Waals surface area contributed by atoms with Crippen molar-refractivity contribution in [3.8, 4) is 0 Å². The lowest BCUT2D eigenvalue weighted by atomic mass is 10.0. The number of H-pyrrole nitrogens is 1. The van der Waals surface area contributed by atoms with Crippen LogP contribution in [0.5, 0.6) is 0 Å². The number of hydrogen-bond acceptors (Lipinski definition) is 2. The normalized spacial score (nSPS) is 12.2.